The highest BCUT2D eigenvalue weighted by Crippen LogP contribution is 2.35. The van der Waals surface area contributed by atoms with E-state index in [0.717, 1.165) is 0 Å². The normalized spacial score (nSPS) is 13.0. The Bertz CT molecular complexity index is 114. The summed E-state index contributed by atoms with van der Waals surface area (Å²) >= 11 is 0. The second-order valence-corrected chi connectivity index (χ2v) is 2.34. The molecule has 0 bridgehead atoms. The number of halogens is 1. The Morgan fingerprint density at radius 1 is 1.57 bits per heavy atom. The van der Waals surface area contributed by atoms with Crippen LogP contribution in [0.2, 0.25) is 0 Å². The summed E-state index contributed by atoms with van der Waals surface area (Å²) in [5.41, 5.74) is 0. The zero-order valence-electron chi connectivity index (χ0n) is 3.28. The Kier molecular flexibility index (Phi) is 2.15. The van der Waals surface area contributed by atoms with Gasteiger partial charge in [0.25, 0.3) is 0 Å². The molecular weight excluding hydrogens is 122 g/mol. The number of hydrogen-bond donors (Lipinski definition) is 2. The molecule has 3 nitrogen and oxygen atoms in total. The van der Waals surface area contributed by atoms with Crippen molar-refractivity contribution in [1.29, 1.82) is 0 Å². The van der Waals surface area contributed by atoms with E-state index in [1.807, 2.05) is 0 Å². The minimum Gasteiger partial charge on any atom is -0.321 e. The fraction of sp³-hybridized carbons (Fsp3) is 0. The van der Waals surface area contributed by atoms with E-state index in [1.54, 1.807) is 0 Å². The Morgan fingerprint density at radius 3 is 2.00 bits per heavy atom. The Balaban J connectivity index is 3.82. The van der Waals surface area contributed by atoms with Crippen LogP contribution < -0.4 is 0 Å². The molecule has 0 atom stereocenters. The van der Waals surface area contributed by atoms with Crippen molar-refractivity contribution < 1.29 is 18.7 Å². The summed E-state index contributed by atoms with van der Waals surface area (Å²) in [6.45, 7) is 0. The lowest BCUT2D eigenvalue weighted by atomic mass is 11.2. The monoisotopic (exact) mass is 126 g/mol. The van der Waals surface area contributed by atoms with Gasteiger partial charge >= 0.3 is 7.60 Å². The van der Waals surface area contributed by atoms with E-state index in [2.05, 4.69) is 0 Å². The van der Waals surface area contributed by atoms with Crippen molar-refractivity contribution in [2.45, 2.75) is 0 Å². The predicted octanol–water partition coefficient (Wildman–Crippen LogP) is 0.605. The third-order valence-electron chi connectivity index (χ3n) is 0.251. The predicted molar refractivity (Wildman–Crippen MR) is 22.3 cm³/mol. The van der Waals surface area contributed by atoms with Gasteiger partial charge in [-0.15, -0.1) is 0 Å². The molecule has 0 aliphatic rings. The van der Waals surface area contributed by atoms with Crippen molar-refractivity contribution in [2.75, 3.05) is 0 Å². The van der Waals surface area contributed by atoms with Crippen LogP contribution in [0.15, 0.2) is 12.1 Å². The van der Waals surface area contributed by atoms with Gasteiger partial charge in [0, 0.05) is 0 Å². The fourth-order valence-electron chi connectivity index (χ4n) is 0.0734. The molecule has 0 saturated carbocycles. The molecule has 0 fully saturated rings. The second-order valence-electron chi connectivity index (χ2n) is 0.864. The molecule has 0 saturated heterocycles. The zero-order valence-corrected chi connectivity index (χ0v) is 4.18. The van der Waals surface area contributed by atoms with Gasteiger partial charge in [0.1, 0.15) is 0 Å². The van der Waals surface area contributed by atoms with Gasteiger partial charge in [-0.1, -0.05) is 0 Å². The molecule has 5 heteroatoms. The molecule has 0 amide bonds. The van der Waals surface area contributed by atoms with Crippen LogP contribution in [-0.4, -0.2) is 9.79 Å². The first kappa shape index (κ1) is 6.82. The standard InChI is InChI=1S/C2H4FO3P/c3-1-2-7(4,5)6/h1-2H,(H2,4,5,6). The van der Waals surface area contributed by atoms with Gasteiger partial charge in [-0.2, -0.15) is 0 Å². The summed E-state index contributed by atoms with van der Waals surface area (Å²) in [6, 6.07) is 0. The van der Waals surface area contributed by atoms with Crippen molar-refractivity contribution in [3.63, 3.8) is 0 Å². The number of hydrogen-bond acceptors (Lipinski definition) is 1. The molecule has 0 unspecified atom stereocenters. The van der Waals surface area contributed by atoms with E-state index in [0.29, 0.717) is 0 Å². The largest absolute Gasteiger partial charge is 0.351 e. The Hall–Kier alpha value is -0.180. The first-order valence-electron chi connectivity index (χ1n) is 1.39. The molecule has 0 aliphatic heterocycles. The highest BCUT2D eigenvalue weighted by atomic mass is 31.2. The van der Waals surface area contributed by atoms with Gasteiger partial charge in [0.05, 0.1) is 12.1 Å². The summed E-state index contributed by atoms with van der Waals surface area (Å²) in [5, 5.41) is 0. The van der Waals surface area contributed by atoms with Crippen LogP contribution in [0.25, 0.3) is 0 Å². The van der Waals surface area contributed by atoms with Crippen LogP contribution in [0.5, 0.6) is 0 Å². The Labute approximate surface area is 39.6 Å². The van der Waals surface area contributed by atoms with Gasteiger partial charge in [0.2, 0.25) is 0 Å². The maximum absolute atomic E-state index is 10.8. The van der Waals surface area contributed by atoms with E-state index in [4.69, 9.17) is 9.79 Å². The average Bonchev–Trinajstić information content (AvgIpc) is 1.30. The molecule has 2 N–H and O–H groups in total. The SMILES string of the molecule is O=P(O)(O)C=CF. The average molecular weight is 126 g/mol. The van der Waals surface area contributed by atoms with Crippen LogP contribution in [0.3, 0.4) is 0 Å². The molecule has 0 radical (unpaired) electrons. The summed E-state index contributed by atoms with van der Waals surface area (Å²) in [4.78, 5) is 15.6. The molecule has 7 heavy (non-hydrogen) atoms. The molecule has 0 aliphatic carbocycles. The van der Waals surface area contributed by atoms with Crippen LogP contribution in [0.1, 0.15) is 0 Å². The van der Waals surface area contributed by atoms with Crippen LogP contribution >= 0.6 is 7.60 Å². The molecule has 0 aromatic rings. The van der Waals surface area contributed by atoms with Gasteiger partial charge < -0.3 is 9.79 Å². The van der Waals surface area contributed by atoms with Gasteiger partial charge in [0.15, 0.2) is 0 Å². The van der Waals surface area contributed by atoms with Crippen molar-refractivity contribution in [1.82, 2.24) is 0 Å². The molecule has 0 spiro atoms. The molecular formula is C2H4FO3P. The lowest BCUT2D eigenvalue weighted by Gasteiger charge is -1.88. The van der Waals surface area contributed by atoms with Crippen LogP contribution in [-0.2, 0) is 4.57 Å². The third-order valence-corrected chi connectivity index (χ3v) is 0.752. The van der Waals surface area contributed by atoms with E-state index in [-0.39, 0.29) is 12.1 Å². The maximum Gasteiger partial charge on any atom is 0.351 e. The summed E-state index contributed by atoms with van der Waals surface area (Å²) in [6.07, 6.45) is -0.180. The number of rotatable bonds is 1. The summed E-state index contributed by atoms with van der Waals surface area (Å²) in [5.74, 6) is 0.188. The first-order valence-corrected chi connectivity index (χ1v) is 3.07. The first-order chi connectivity index (χ1) is 3.06. The van der Waals surface area contributed by atoms with Crippen LogP contribution in [0, 0.1) is 0 Å². The van der Waals surface area contributed by atoms with Crippen molar-refractivity contribution in [2.24, 2.45) is 0 Å². The smallest absolute Gasteiger partial charge is 0.321 e. The Morgan fingerprint density at radius 2 is 2.00 bits per heavy atom. The molecule has 0 heterocycles. The van der Waals surface area contributed by atoms with Crippen molar-refractivity contribution >= 4 is 7.60 Å². The van der Waals surface area contributed by atoms with E-state index >= 15 is 0 Å². The van der Waals surface area contributed by atoms with Crippen molar-refractivity contribution in [3.05, 3.63) is 12.1 Å². The van der Waals surface area contributed by atoms with Crippen molar-refractivity contribution in [3.8, 4) is 0 Å². The minimum atomic E-state index is -4.22. The summed E-state index contributed by atoms with van der Waals surface area (Å²) in [7, 11) is -4.22. The van der Waals surface area contributed by atoms with Gasteiger partial charge in [-0.05, 0) is 0 Å². The maximum atomic E-state index is 10.8. The highest BCUT2D eigenvalue weighted by molar-refractivity contribution is 7.55. The quantitative estimate of drug-likeness (QED) is 0.506. The van der Waals surface area contributed by atoms with Gasteiger partial charge in [-0.25, -0.2) is 4.39 Å². The molecule has 0 aromatic carbocycles. The summed E-state index contributed by atoms with van der Waals surface area (Å²) < 4.78 is 20.4. The van der Waals surface area contributed by atoms with Crippen LogP contribution in [0.4, 0.5) is 4.39 Å². The molecule has 42 valence electrons. The molecule has 0 aromatic heterocycles. The topological polar surface area (TPSA) is 57.5 Å². The zero-order chi connectivity index (χ0) is 5.91. The fourth-order valence-corrected chi connectivity index (χ4v) is 0.220. The lowest BCUT2D eigenvalue weighted by Crippen LogP contribution is -1.64. The van der Waals surface area contributed by atoms with E-state index in [9.17, 15) is 8.96 Å². The highest BCUT2D eigenvalue weighted by Gasteiger charge is 2.03. The van der Waals surface area contributed by atoms with Gasteiger partial charge in [-0.3, -0.25) is 4.57 Å². The van der Waals surface area contributed by atoms with E-state index < -0.39 is 7.60 Å². The molecule has 0 rings (SSSR count). The minimum absolute atomic E-state index is 0.180. The van der Waals surface area contributed by atoms with E-state index in [1.165, 1.54) is 0 Å². The lowest BCUT2D eigenvalue weighted by molar-refractivity contribution is 0.385. The second kappa shape index (κ2) is 2.21. The third kappa shape index (κ3) is 5.82.